The van der Waals surface area contributed by atoms with E-state index in [0.717, 1.165) is 30.0 Å². The first-order chi connectivity index (χ1) is 8.88. The molecule has 0 amide bonds. The lowest BCUT2D eigenvalue weighted by molar-refractivity contribution is 0.924. The molecular formula is C13H17N5. The topological polar surface area (TPSA) is 62.7 Å². The van der Waals surface area contributed by atoms with Gasteiger partial charge >= 0.3 is 0 Å². The molecule has 2 N–H and O–H groups in total. The van der Waals surface area contributed by atoms with Crippen LogP contribution in [-0.2, 0) is 6.54 Å². The molecule has 94 valence electrons. The number of aromatic nitrogens is 3. The van der Waals surface area contributed by atoms with E-state index in [1.54, 1.807) is 12.4 Å². The molecule has 0 bridgehead atoms. The third kappa shape index (κ3) is 3.69. The molecule has 18 heavy (non-hydrogen) atoms. The predicted molar refractivity (Wildman–Crippen MR) is 72.4 cm³/mol. The van der Waals surface area contributed by atoms with Crippen molar-refractivity contribution >= 4 is 11.4 Å². The predicted octanol–water partition coefficient (Wildman–Crippen LogP) is 2.31. The van der Waals surface area contributed by atoms with Crippen LogP contribution in [0.3, 0.4) is 0 Å². The zero-order valence-electron chi connectivity index (χ0n) is 10.4. The number of hydrogen-bond acceptors (Lipinski definition) is 5. The van der Waals surface area contributed by atoms with Crippen LogP contribution in [0.4, 0.5) is 11.4 Å². The van der Waals surface area contributed by atoms with Gasteiger partial charge in [-0.3, -0.25) is 4.98 Å². The van der Waals surface area contributed by atoms with Gasteiger partial charge in [0.05, 0.1) is 36.0 Å². The van der Waals surface area contributed by atoms with Crippen LogP contribution in [0.1, 0.15) is 19.0 Å². The minimum absolute atomic E-state index is 0.646. The highest BCUT2D eigenvalue weighted by Gasteiger charge is 1.97. The van der Waals surface area contributed by atoms with E-state index in [0.29, 0.717) is 6.54 Å². The van der Waals surface area contributed by atoms with Gasteiger partial charge in [0.2, 0.25) is 0 Å². The maximum absolute atomic E-state index is 4.19. The Kier molecular flexibility index (Phi) is 4.46. The highest BCUT2D eigenvalue weighted by molar-refractivity contribution is 5.53. The largest absolute Gasteiger partial charge is 0.384 e. The Bertz CT molecular complexity index is 472. The standard InChI is InChI=1S/C13H17N5/c1-2-5-15-12-7-13(9-14-8-12)16-10-11-4-3-6-17-18-11/h3-4,6-9,15-16H,2,5,10H2,1H3. The summed E-state index contributed by atoms with van der Waals surface area (Å²) in [7, 11) is 0. The maximum atomic E-state index is 4.19. The third-order valence-corrected chi connectivity index (χ3v) is 2.42. The van der Waals surface area contributed by atoms with Crippen LogP contribution in [0.2, 0.25) is 0 Å². The first-order valence-corrected chi connectivity index (χ1v) is 6.08. The van der Waals surface area contributed by atoms with Crippen molar-refractivity contribution in [1.82, 2.24) is 15.2 Å². The van der Waals surface area contributed by atoms with E-state index in [2.05, 4.69) is 32.7 Å². The summed E-state index contributed by atoms with van der Waals surface area (Å²) in [5.74, 6) is 0. The van der Waals surface area contributed by atoms with Crippen LogP contribution in [0.5, 0.6) is 0 Å². The molecule has 2 heterocycles. The molecule has 0 spiro atoms. The fraction of sp³-hybridized carbons (Fsp3) is 0.308. The van der Waals surface area contributed by atoms with Gasteiger partial charge in [0, 0.05) is 12.7 Å². The van der Waals surface area contributed by atoms with Crippen molar-refractivity contribution in [3.05, 3.63) is 42.5 Å². The minimum atomic E-state index is 0.646. The molecule has 5 heteroatoms. The molecular weight excluding hydrogens is 226 g/mol. The Morgan fingerprint density at radius 3 is 2.72 bits per heavy atom. The number of nitrogens with zero attached hydrogens (tertiary/aromatic N) is 3. The number of hydrogen-bond donors (Lipinski definition) is 2. The van der Waals surface area contributed by atoms with Crippen molar-refractivity contribution in [1.29, 1.82) is 0 Å². The van der Waals surface area contributed by atoms with E-state index >= 15 is 0 Å². The molecule has 0 aromatic carbocycles. The lowest BCUT2D eigenvalue weighted by atomic mass is 10.3. The van der Waals surface area contributed by atoms with E-state index in [1.165, 1.54) is 0 Å². The van der Waals surface area contributed by atoms with Crippen LogP contribution in [-0.4, -0.2) is 21.7 Å². The summed E-state index contributed by atoms with van der Waals surface area (Å²) >= 11 is 0. The van der Waals surface area contributed by atoms with Crippen LogP contribution < -0.4 is 10.6 Å². The van der Waals surface area contributed by atoms with Gasteiger partial charge in [-0.1, -0.05) is 6.92 Å². The Balaban J connectivity index is 1.93. The summed E-state index contributed by atoms with van der Waals surface area (Å²) in [5, 5.41) is 14.4. The van der Waals surface area contributed by atoms with Crippen LogP contribution in [0, 0.1) is 0 Å². The number of nitrogens with one attached hydrogen (secondary N) is 2. The SMILES string of the molecule is CCCNc1cncc(NCc2cccnn2)c1. The van der Waals surface area contributed by atoms with Crippen molar-refractivity contribution in [2.75, 3.05) is 17.2 Å². The zero-order chi connectivity index (χ0) is 12.6. The van der Waals surface area contributed by atoms with Gasteiger partial charge < -0.3 is 10.6 Å². The van der Waals surface area contributed by atoms with Gasteiger partial charge in [0.25, 0.3) is 0 Å². The monoisotopic (exact) mass is 243 g/mol. The van der Waals surface area contributed by atoms with Gasteiger partial charge in [-0.2, -0.15) is 10.2 Å². The molecule has 0 saturated heterocycles. The van der Waals surface area contributed by atoms with Crippen molar-refractivity contribution in [2.24, 2.45) is 0 Å². The van der Waals surface area contributed by atoms with Crippen molar-refractivity contribution < 1.29 is 0 Å². The fourth-order valence-corrected chi connectivity index (χ4v) is 1.52. The van der Waals surface area contributed by atoms with Crippen molar-refractivity contribution in [3.63, 3.8) is 0 Å². The normalized spacial score (nSPS) is 10.1. The molecule has 0 aliphatic carbocycles. The second kappa shape index (κ2) is 6.54. The summed E-state index contributed by atoms with van der Waals surface area (Å²) in [6.45, 7) is 3.73. The zero-order valence-corrected chi connectivity index (χ0v) is 10.4. The Hall–Kier alpha value is -2.17. The van der Waals surface area contributed by atoms with E-state index in [9.17, 15) is 0 Å². The van der Waals surface area contributed by atoms with Crippen LogP contribution in [0.15, 0.2) is 36.8 Å². The molecule has 0 unspecified atom stereocenters. The van der Waals surface area contributed by atoms with Gasteiger partial charge in [-0.05, 0) is 24.6 Å². The molecule has 0 saturated carbocycles. The second-order valence-electron chi connectivity index (χ2n) is 3.96. The smallest absolute Gasteiger partial charge is 0.0821 e. The maximum Gasteiger partial charge on any atom is 0.0821 e. The number of rotatable bonds is 6. The van der Waals surface area contributed by atoms with Crippen molar-refractivity contribution in [3.8, 4) is 0 Å². The molecule has 0 fully saturated rings. The number of anilines is 2. The summed E-state index contributed by atoms with van der Waals surface area (Å²) in [6.07, 6.45) is 6.38. The van der Waals surface area contributed by atoms with Gasteiger partial charge in [0.15, 0.2) is 0 Å². The van der Waals surface area contributed by atoms with Gasteiger partial charge in [-0.15, -0.1) is 0 Å². The number of pyridine rings is 1. The van der Waals surface area contributed by atoms with E-state index in [4.69, 9.17) is 0 Å². The highest BCUT2D eigenvalue weighted by Crippen LogP contribution is 2.13. The second-order valence-corrected chi connectivity index (χ2v) is 3.96. The minimum Gasteiger partial charge on any atom is -0.384 e. The average molecular weight is 243 g/mol. The summed E-state index contributed by atoms with van der Waals surface area (Å²) in [6, 6.07) is 5.85. The molecule has 0 radical (unpaired) electrons. The highest BCUT2D eigenvalue weighted by atomic mass is 15.1. The van der Waals surface area contributed by atoms with Crippen molar-refractivity contribution in [2.45, 2.75) is 19.9 Å². The Morgan fingerprint density at radius 1 is 1.17 bits per heavy atom. The molecule has 0 atom stereocenters. The first kappa shape index (κ1) is 12.3. The fourth-order valence-electron chi connectivity index (χ4n) is 1.52. The van der Waals surface area contributed by atoms with Gasteiger partial charge in [-0.25, -0.2) is 0 Å². The summed E-state index contributed by atoms with van der Waals surface area (Å²) < 4.78 is 0. The molecule has 5 nitrogen and oxygen atoms in total. The quantitative estimate of drug-likeness (QED) is 0.815. The van der Waals surface area contributed by atoms with E-state index in [1.807, 2.05) is 24.4 Å². The van der Waals surface area contributed by atoms with E-state index < -0.39 is 0 Å². The van der Waals surface area contributed by atoms with Crippen LogP contribution >= 0.6 is 0 Å². The molecule has 2 aromatic heterocycles. The first-order valence-electron chi connectivity index (χ1n) is 6.08. The average Bonchev–Trinajstić information content (AvgIpc) is 2.44. The molecule has 2 rings (SSSR count). The van der Waals surface area contributed by atoms with Gasteiger partial charge in [0.1, 0.15) is 0 Å². The van der Waals surface area contributed by atoms with Crippen LogP contribution in [0.25, 0.3) is 0 Å². The molecule has 0 aliphatic heterocycles. The Labute approximate surface area is 107 Å². The molecule has 0 aliphatic rings. The third-order valence-electron chi connectivity index (χ3n) is 2.42. The Morgan fingerprint density at radius 2 is 2.00 bits per heavy atom. The lowest BCUT2D eigenvalue weighted by Gasteiger charge is -2.08. The summed E-state index contributed by atoms with van der Waals surface area (Å²) in [5.41, 5.74) is 2.91. The lowest BCUT2D eigenvalue weighted by Crippen LogP contribution is -2.04. The molecule has 2 aromatic rings. The summed E-state index contributed by atoms with van der Waals surface area (Å²) in [4.78, 5) is 4.19. The van der Waals surface area contributed by atoms with E-state index in [-0.39, 0.29) is 0 Å².